The Kier molecular flexibility index (Phi) is 5.29. The zero-order valence-corrected chi connectivity index (χ0v) is 19.0. The highest BCUT2D eigenvalue weighted by atomic mass is 35.5. The van der Waals surface area contributed by atoms with Gasteiger partial charge in [-0.2, -0.15) is 0 Å². The highest BCUT2D eigenvalue weighted by molar-refractivity contribution is 6.30. The highest BCUT2D eigenvalue weighted by Gasteiger charge is 2.25. The van der Waals surface area contributed by atoms with Gasteiger partial charge in [-0.05, 0) is 61.0 Å². The summed E-state index contributed by atoms with van der Waals surface area (Å²) in [6.45, 7) is 3.08. The first-order valence-electron chi connectivity index (χ1n) is 10.5. The van der Waals surface area contributed by atoms with Gasteiger partial charge in [0.15, 0.2) is 5.78 Å². The van der Waals surface area contributed by atoms with E-state index in [4.69, 9.17) is 11.6 Å². The van der Waals surface area contributed by atoms with Gasteiger partial charge in [-0.15, -0.1) is 0 Å². The van der Waals surface area contributed by atoms with E-state index in [-0.39, 0.29) is 28.7 Å². The van der Waals surface area contributed by atoms with E-state index in [0.29, 0.717) is 44.1 Å². The summed E-state index contributed by atoms with van der Waals surface area (Å²) in [5.41, 5.74) is 2.46. The summed E-state index contributed by atoms with van der Waals surface area (Å²) in [5, 5.41) is 1.29. The fourth-order valence-electron chi connectivity index (χ4n) is 4.35. The van der Waals surface area contributed by atoms with Gasteiger partial charge >= 0.3 is 0 Å². The first-order chi connectivity index (χ1) is 16.2. The summed E-state index contributed by atoms with van der Waals surface area (Å²) in [7, 11) is 0. The Bertz CT molecular complexity index is 1690. The lowest BCUT2D eigenvalue weighted by molar-refractivity contribution is 0.101. The minimum absolute atomic E-state index is 0.0664. The number of halogens is 3. The number of fused-ring (bicyclic) bond motifs is 2. The lowest BCUT2D eigenvalue weighted by Gasteiger charge is -2.12. The molecule has 0 spiro atoms. The van der Waals surface area contributed by atoms with Gasteiger partial charge in [0, 0.05) is 40.6 Å². The van der Waals surface area contributed by atoms with Crippen LogP contribution in [0.2, 0.25) is 5.15 Å². The molecule has 8 heteroatoms. The number of nitrogens with zero attached hydrogens (tertiary/aromatic N) is 2. The molecule has 3 heterocycles. The molecule has 0 fully saturated rings. The minimum Gasteiger partial charge on any atom is -0.333 e. The Labute approximate surface area is 197 Å². The minimum atomic E-state index is -0.445. The molecule has 0 aliphatic rings. The van der Waals surface area contributed by atoms with Gasteiger partial charge in [0.05, 0.1) is 23.3 Å². The van der Waals surface area contributed by atoms with Crippen molar-refractivity contribution in [2.45, 2.75) is 20.4 Å². The largest absolute Gasteiger partial charge is 0.333 e. The predicted molar refractivity (Wildman–Crippen MR) is 129 cm³/mol. The number of benzene rings is 2. The second kappa shape index (κ2) is 8.18. The molecule has 0 aliphatic heterocycles. The van der Waals surface area contributed by atoms with Crippen LogP contribution in [0.25, 0.3) is 32.9 Å². The van der Waals surface area contributed by atoms with Crippen molar-refractivity contribution < 1.29 is 13.6 Å². The van der Waals surface area contributed by atoms with E-state index in [9.17, 15) is 18.4 Å². The molecule has 0 amide bonds. The molecule has 0 atom stereocenters. The first kappa shape index (κ1) is 22.0. The Hall–Kier alpha value is -3.84. The summed E-state index contributed by atoms with van der Waals surface area (Å²) < 4.78 is 30.1. The number of carbonyl (C=O) groups excluding carboxylic acids is 1. The van der Waals surface area contributed by atoms with Crippen molar-refractivity contribution in [3.05, 3.63) is 98.7 Å². The van der Waals surface area contributed by atoms with Gasteiger partial charge < -0.3 is 9.55 Å². The zero-order valence-electron chi connectivity index (χ0n) is 18.2. The van der Waals surface area contributed by atoms with Crippen molar-refractivity contribution in [1.29, 1.82) is 0 Å². The van der Waals surface area contributed by atoms with Crippen molar-refractivity contribution in [2.75, 3.05) is 0 Å². The second-order valence-corrected chi connectivity index (χ2v) is 8.53. The monoisotopic (exact) mass is 477 g/mol. The van der Waals surface area contributed by atoms with Crippen molar-refractivity contribution in [3.63, 3.8) is 0 Å². The highest BCUT2D eigenvalue weighted by Crippen LogP contribution is 2.36. The summed E-state index contributed by atoms with van der Waals surface area (Å²) >= 11 is 6.45. The quantitative estimate of drug-likeness (QED) is 0.253. The number of Topliss-reactive ketones (excluding diaryl/α,β-unsaturated/α-hetero) is 1. The normalized spacial score (nSPS) is 11.4. The Balaban J connectivity index is 1.83. The summed E-state index contributed by atoms with van der Waals surface area (Å²) in [6, 6.07) is 12.1. The Morgan fingerprint density at radius 2 is 1.94 bits per heavy atom. The van der Waals surface area contributed by atoms with Crippen LogP contribution in [0.3, 0.4) is 0 Å². The molecule has 0 bridgehead atoms. The third-order valence-corrected chi connectivity index (χ3v) is 6.22. The molecule has 5 nitrogen and oxygen atoms in total. The molecule has 0 radical (unpaired) electrons. The van der Waals surface area contributed by atoms with E-state index in [1.165, 1.54) is 37.4 Å². The molecule has 3 aromatic heterocycles. The van der Waals surface area contributed by atoms with Crippen molar-refractivity contribution in [1.82, 2.24) is 14.5 Å². The molecule has 0 unspecified atom stereocenters. The number of H-pyrrole nitrogens is 1. The fraction of sp³-hybridized carbons (Fsp3) is 0.115. The van der Waals surface area contributed by atoms with Crippen LogP contribution in [-0.4, -0.2) is 20.3 Å². The van der Waals surface area contributed by atoms with Crippen molar-refractivity contribution >= 4 is 39.2 Å². The fourth-order valence-corrected chi connectivity index (χ4v) is 4.55. The standard InChI is InChI=1S/C26H18ClF2N3O2/c1-13-8-19-22(11-20(13)29)32(24(14(2)33)23(19)18-4-3-7-30-26(18)34)12-16-9-15-10-17(28)5-6-21(15)31-25(16)27/h3-11H,12H2,1-2H3,(H,30,34). The predicted octanol–water partition coefficient (Wildman–Crippen LogP) is 6.04. The molecule has 0 saturated carbocycles. The molecular weight excluding hydrogens is 460 g/mol. The molecule has 5 rings (SSSR count). The number of rotatable bonds is 4. The molecular formula is C26H18ClF2N3O2. The van der Waals surface area contributed by atoms with Crippen molar-refractivity contribution in [2.24, 2.45) is 0 Å². The number of hydrogen-bond acceptors (Lipinski definition) is 3. The van der Waals surface area contributed by atoms with E-state index in [1.54, 1.807) is 35.8 Å². The SMILES string of the molecule is CC(=O)c1c(-c2ccc[nH]c2=O)c2cc(C)c(F)cc2n1Cc1cc2cc(F)ccc2nc1Cl. The molecule has 0 aliphatic carbocycles. The second-order valence-electron chi connectivity index (χ2n) is 8.17. The molecule has 1 N–H and O–H groups in total. The lowest BCUT2D eigenvalue weighted by atomic mass is 10.0. The summed E-state index contributed by atoms with van der Waals surface area (Å²) in [4.78, 5) is 32.6. The van der Waals surface area contributed by atoms with Gasteiger partial charge in [-0.3, -0.25) is 9.59 Å². The van der Waals surface area contributed by atoms with E-state index < -0.39 is 11.6 Å². The van der Waals surface area contributed by atoms with E-state index in [0.717, 1.165) is 0 Å². The van der Waals surface area contributed by atoms with Crippen LogP contribution in [-0.2, 0) is 6.54 Å². The van der Waals surface area contributed by atoms with Crippen LogP contribution in [0, 0.1) is 18.6 Å². The number of pyridine rings is 2. The van der Waals surface area contributed by atoms with E-state index in [1.807, 2.05) is 0 Å². The van der Waals surface area contributed by atoms with Gasteiger partial charge in [0.2, 0.25) is 0 Å². The number of aromatic amines is 1. The van der Waals surface area contributed by atoms with Gasteiger partial charge in [-0.1, -0.05) is 11.6 Å². The van der Waals surface area contributed by atoms with Crippen LogP contribution >= 0.6 is 11.6 Å². The molecule has 170 valence electrons. The average molecular weight is 478 g/mol. The smallest absolute Gasteiger partial charge is 0.255 e. The van der Waals surface area contributed by atoms with Gasteiger partial charge in [0.25, 0.3) is 5.56 Å². The number of aromatic nitrogens is 3. The van der Waals surface area contributed by atoms with Gasteiger partial charge in [-0.25, -0.2) is 13.8 Å². The number of hydrogen-bond donors (Lipinski definition) is 1. The third-order valence-electron chi connectivity index (χ3n) is 5.90. The third kappa shape index (κ3) is 3.58. The summed E-state index contributed by atoms with van der Waals surface area (Å²) in [5.74, 6) is -1.16. The maximum Gasteiger partial charge on any atom is 0.255 e. The summed E-state index contributed by atoms with van der Waals surface area (Å²) in [6.07, 6.45) is 1.50. The molecule has 0 saturated heterocycles. The number of aryl methyl sites for hydroxylation is 1. The van der Waals surface area contributed by atoms with Crippen molar-refractivity contribution in [3.8, 4) is 11.1 Å². The molecule has 34 heavy (non-hydrogen) atoms. The average Bonchev–Trinajstić information content (AvgIpc) is 3.08. The Morgan fingerprint density at radius 1 is 1.15 bits per heavy atom. The first-order valence-corrected chi connectivity index (χ1v) is 10.9. The number of ketones is 1. The van der Waals surface area contributed by atoms with Crippen LogP contribution < -0.4 is 5.56 Å². The Morgan fingerprint density at radius 3 is 2.68 bits per heavy atom. The van der Waals surface area contributed by atoms with Crippen LogP contribution in [0.1, 0.15) is 28.5 Å². The topological polar surface area (TPSA) is 67.8 Å². The van der Waals surface area contributed by atoms with Crippen LogP contribution in [0.4, 0.5) is 8.78 Å². The van der Waals surface area contributed by atoms with Crippen LogP contribution in [0.5, 0.6) is 0 Å². The number of carbonyl (C=O) groups is 1. The van der Waals surface area contributed by atoms with E-state index in [2.05, 4.69) is 9.97 Å². The molecule has 2 aromatic carbocycles. The van der Waals surface area contributed by atoms with E-state index >= 15 is 0 Å². The molecule has 5 aromatic rings. The maximum absolute atomic E-state index is 14.7. The van der Waals surface area contributed by atoms with Gasteiger partial charge in [0.1, 0.15) is 16.8 Å². The zero-order chi connectivity index (χ0) is 24.1. The lowest BCUT2D eigenvalue weighted by Crippen LogP contribution is -2.12. The maximum atomic E-state index is 14.7. The van der Waals surface area contributed by atoms with Crippen LogP contribution in [0.15, 0.2) is 59.5 Å². The number of nitrogens with one attached hydrogen (secondary N) is 1.